The van der Waals surface area contributed by atoms with E-state index in [0.717, 1.165) is 25.9 Å². The van der Waals surface area contributed by atoms with Gasteiger partial charge in [-0.1, -0.05) is 6.92 Å². The van der Waals surface area contributed by atoms with E-state index in [9.17, 15) is 9.59 Å². The Balaban J connectivity index is 1.94. The summed E-state index contributed by atoms with van der Waals surface area (Å²) in [6.07, 6.45) is 2.15. The van der Waals surface area contributed by atoms with Crippen LogP contribution < -0.4 is 10.6 Å². The topological polar surface area (TPSA) is 61.4 Å². The van der Waals surface area contributed by atoms with Gasteiger partial charge in [0, 0.05) is 31.8 Å². The first-order chi connectivity index (χ1) is 10.4. The second kappa shape index (κ2) is 6.92. The van der Waals surface area contributed by atoms with Crippen molar-refractivity contribution in [1.29, 1.82) is 0 Å². The maximum absolute atomic E-state index is 12.2. The van der Waals surface area contributed by atoms with Gasteiger partial charge in [-0.3, -0.25) is 9.59 Å². The highest BCUT2D eigenvalue weighted by molar-refractivity contribution is 5.97. The highest BCUT2D eigenvalue weighted by Gasteiger charge is 2.27. The van der Waals surface area contributed by atoms with Gasteiger partial charge in [-0.25, -0.2) is 0 Å². The zero-order chi connectivity index (χ0) is 16.2. The van der Waals surface area contributed by atoms with Crippen molar-refractivity contribution >= 4 is 11.8 Å². The number of amides is 2. The summed E-state index contributed by atoms with van der Waals surface area (Å²) in [6.45, 7) is 4.92. The number of hydrogen-bond donors (Lipinski definition) is 2. The number of rotatable bonds is 4. The number of nitrogens with zero attached hydrogens (tertiary/aromatic N) is 1. The standard InChI is InChI=1S/C17H25N3O2/c1-17(8-10-18-11-9-17)12-19-15(21)13-4-6-14(7-5-13)16(22)20(2)3/h4-7,18H,8-12H2,1-3H3,(H,19,21). The molecule has 1 aliphatic rings. The van der Waals surface area contributed by atoms with Crippen LogP contribution in [-0.2, 0) is 0 Å². The van der Waals surface area contributed by atoms with Crippen molar-refractivity contribution in [1.82, 2.24) is 15.5 Å². The van der Waals surface area contributed by atoms with Crippen molar-refractivity contribution in [2.75, 3.05) is 33.7 Å². The maximum Gasteiger partial charge on any atom is 0.253 e. The lowest BCUT2D eigenvalue weighted by atomic mass is 9.81. The minimum absolute atomic E-state index is 0.0609. The normalized spacial score (nSPS) is 16.9. The van der Waals surface area contributed by atoms with Gasteiger partial charge in [0.05, 0.1) is 0 Å². The van der Waals surface area contributed by atoms with E-state index in [-0.39, 0.29) is 17.2 Å². The number of hydrogen-bond acceptors (Lipinski definition) is 3. The molecule has 1 saturated heterocycles. The van der Waals surface area contributed by atoms with Crippen molar-refractivity contribution in [3.05, 3.63) is 35.4 Å². The lowest BCUT2D eigenvalue weighted by molar-refractivity contribution is 0.0826. The first kappa shape index (κ1) is 16.5. The molecule has 0 unspecified atom stereocenters. The third-order valence-corrected chi connectivity index (χ3v) is 4.29. The molecule has 1 aromatic carbocycles. The molecule has 2 amide bonds. The summed E-state index contributed by atoms with van der Waals surface area (Å²) >= 11 is 0. The first-order valence-electron chi connectivity index (χ1n) is 7.72. The molecule has 0 atom stereocenters. The lowest BCUT2D eigenvalue weighted by Crippen LogP contribution is -2.42. The largest absolute Gasteiger partial charge is 0.351 e. The van der Waals surface area contributed by atoms with Gasteiger partial charge >= 0.3 is 0 Å². The van der Waals surface area contributed by atoms with Gasteiger partial charge in [0.1, 0.15) is 0 Å². The molecule has 2 rings (SSSR count). The molecule has 0 spiro atoms. The highest BCUT2D eigenvalue weighted by Crippen LogP contribution is 2.26. The highest BCUT2D eigenvalue weighted by atomic mass is 16.2. The third-order valence-electron chi connectivity index (χ3n) is 4.29. The molecule has 0 aliphatic carbocycles. The Labute approximate surface area is 132 Å². The smallest absolute Gasteiger partial charge is 0.253 e. The molecule has 0 bridgehead atoms. The molecule has 0 saturated carbocycles. The predicted octanol–water partition coefficient (Wildman–Crippen LogP) is 1.51. The summed E-state index contributed by atoms with van der Waals surface area (Å²) in [5.41, 5.74) is 1.35. The molecule has 1 heterocycles. The molecular weight excluding hydrogens is 278 g/mol. The van der Waals surface area contributed by atoms with Crippen molar-refractivity contribution in [2.45, 2.75) is 19.8 Å². The Morgan fingerprint density at radius 3 is 2.23 bits per heavy atom. The Kier molecular flexibility index (Phi) is 5.19. The number of benzene rings is 1. The van der Waals surface area contributed by atoms with E-state index in [2.05, 4.69) is 17.6 Å². The van der Waals surface area contributed by atoms with Crippen LogP contribution in [0.25, 0.3) is 0 Å². The van der Waals surface area contributed by atoms with Gasteiger partial charge in [-0.15, -0.1) is 0 Å². The van der Waals surface area contributed by atoms with Crippen LogP contribution in [0.2, 0.25) is 0 Å². The molecule has 120 valence electrons. The SMILES string of the molecule is CN(C)C(=O)c1ccc(C(=O)NCC2(C)CCNCC2)cc1. The maximum atomic E-state index is 12.2. The second-order valence-corrected chi connectivity index (χ2v) is 6.52. The van der Waals surface area contributed by atoms with E-state index >= 15 is 0 Å². The quantitative estimate of drug-likeness (QED) is 0.886. The van der Waals surface area contributed by atoms with Crippen LogP contribution >= 0.6 is 0 Å². The minimum Gasteiger partial charge on any atom is -0.351 e. The van der Waals surface area contributed by atoms with E-state index in [1.54, 1.807) is 38.4 Å². The predicted molar refractivity (Wildman–Crippen MR) is 87.0 cm³/mol. The van der Waals surface area contributed by atoms with Gasteiger partial charge in [0.2, 0.25) is 0 Å². The molecule has 0 radical (unpaired) electrons. The van der Waals surface area contributed by atoms with Gasteiger partial charge in [-0.2, -0.15) is 0 Å². The van der Waals surface area contributed by atoms with E-state index in [1.807, 2.05) is 0 Å². The van der Waals surface area contributed by atoms with Crippen molar-refractivity contribution in [3.63, 3.8) is 0 Å². The summed E-state index contributed by atoms with van der Waals surface area (Å²) in [6, 6.07) is 6.81. The fourth-order valence-corrected chi connectivity index (χ4v) is 2.63. The van der Waals surface area contributed by atoms with Crippen LogP contribution in [0.4, 0.5) is 0 Å². The average molecular weight is 303 g/mol. The number of carbonyl (C=O) groups is 2. The van der Waals surface area contributed by atoms with Crippen molar-refractivity contribution < 1.29 is 9.59 Å². The van der Waals surface area contributed by atoms with Crippen LogP contribution in [0.15, 0.2) is 24.3 Å². The molecule has 1 fully saturated rings. The molecule has 2 N–H and O–H groups in total. The average Bonchev–Trinajstić information content (AvgIpc) is 2.53. The monoisotopic (exact) mass is 303 g/mol. The van der Waals surface area contributed by atoms with E-state index in [4.69, 9.17) is 0 Å². The first-order valence-corrected chi connectivity index (χ1v) is 7.72. The fourth-order valence-electron chi connectivity index (χ4n) is 2.63. The molecule has 5 nitrogen and oxygen atoms in total. The number of carbonyl (C=O) groups excluding carboxylic acids is 2. The molecular formula is C17H25N3O2. The van der Waals surface area contributed by atoms with Crippen LogP contribution in [0.1, 0.15) is 40.5 Å². The summed E-state index contributed by atoms with van der Waals surface area (Å²) in [7, 11) is 3.42. The van der Waals surface area contributed by atoms with Crippen molar-refractivity contribution in [2.24, 2.45) is 5.41 Å². The fraction of sp³-hybridized carbons (Fsp3) is 0.529. The van der Waals surface area contributed by atoms with Gasteiger partial charge < -0.3 is 15.5 Å². The zero-order valence-corrected chi connectivity index (χ0v) is 13.6. The van der Waals surface area contributed by atoms with Crippen LogP contribution in [-0.4, -0.2) is 50.4 Å². The minimum atomic E-state index is -0.0800. The van der Waals surface area contributed by atoms with Crippen LogP contribution in [0.3, 0.4) is 0 Å². The second-order valence-electron chi connectivity index (χ2n) is 6.52. The summed E-state index contributed by atoms with van der Waals surface area (Å²) in [4.78, 5) is 25.6. The van der Waals surface area contributed by atoms with Gasteiger partial charge in [0.25, 0.3) is 11.8 Å². The summed E-state index contributed by atoms with van der Waals surface area (Å²) in [5.74, 6) is -0.141. The Morgan fingerprint density at radius 1 is 1.14 bits per heavy atom. The van der Waals surface area contributed by atoms with E-state index < -0.39 is 0 Å². The Hall–Kier alpha value is -1.88. The Morgan fingerprint density at radius 2 is 1.68 bits per heavy atom. The molecule has 1 aromatic rings. The summed E-state index contributed by atoms with van der Waals surface area (Å²) < 4.78 is 0. The number of nitrogens with one attached hydrogen (secondary N) is 2. The number of piperidine rings is 1. The van der Waals surface area contributed by atoms with E-state index in [0.29, 0.717) is 17.7 Å². The Bertz CT molecular complexity index is 531. The molecule has 0 aromatic heterocycles. The van der Waals surface area contributed by atoms with Crippen LogP contribution in [0, 0.1) is 5.41 Å². The van der Waals surface area contributed by atoms with E-state index in [1.165, 1.54) is 4.90 Å². The molecule has 22 heavy (non-hydrogen) atoms. The molecule has 5 heteroatoms. The van der Waals surface area contributed by atoms with Crippen LogP contribution in [0.5, 0.6) is 0 Å². The lowest BCUT2D eigenvalue weighted by Gasteiger charge is -2.34. The van der Waals surface area contributed by atoms with Gasteiger partial charge in [0.15, 0.2) is 0 Å². The molecule has 1 aliphatic heterocycles. The zero-order valence-electron chi connectivity index (χ0n) is 13.6. The third kappa shape index (κ3) is 4.07. The van der Waals surface area contributed by atoms with Gasteiger partial charge in [-0.05, 0) is 55.6 Å². The van der Waals surface area contributed by atoms with Crippen molar-refractivity contribution in [3.8, 4) is 0 Å². The summed E-state index contributed by atoms with van der Waals surface area (Å²) in [5, 5.41) is 6.36.